The van der Waals surface area contributed by atoms with E-state index in [0.717, 1.165) is 34.7 Å². The van der Waals surface area contributed by atoms with E-state index in [1.165, 1.54) is 21.3 Å². The zero-order valence-electron chi connectivity index (χ0n) is 15.9. The Morgan fingerprint density at radius 3 is 2.70 bits per heavy atom. The van der Waals surface area contributed by atoms with Gasteiger partial charge in [-0.2, -0.15) is 5.10 Å². The molecule has 0 aliphatic carbocycles. The average molecular weight is 382 g/mol. The van der Waals surface area contributed by atoms with Crippen LogP contribution in [0.1, 0.15) is 46.5 Å². The summed E-state index contributed by atoms with van der Waals surface area (Å²) in [5.74, 6) is 0.647. The highest BCUT2D eigenvalue weighted by atomic mass is 32.2. The van der Waals surface area contributed by atoms with E-state index in [1.54, 1.807) is 11.8 Å². The minimum absolute atomic E-state index is 0.182. The lowest BCUT2D eigenvalue weighted by Crippen LogP contribution is -2.21. The fraction of sp³-hybridized carbons (Fsp3) is 0.350. The van der Waals surface area contributed by atoms with Crippen LogP contribution < -0.4 is 5.56 Å². The van der Waals surface area contributed by atoms with Crippen LogP contribution >= 0.6 is 11.8 Å². The maximum Gasteiger partial charge on any atom is 0.277 e. The van der Waals surface area contributed by atoms with Crippen molar-refractivity contribution in [2.45, 2.75) is 51.4 Å². The van der Waals surface area contributed by atoms with Crippen LogP contribution in [0.2, 0.25) is 0 Å². The lowest BCUT2D eigenvalue weighted by Gasteiger charge is -2.21. The molecular formula is C20H22N4O2S. The smallest absolute Gasteiger partial charge is 0.277 e. The van der Waals surface area contributed by atoms with E-state index in [2.05, 4.69) is 18.2 Å². The van der Waals surface area contributed by atoms with E-state index in [1.807, 2.05) is 31.5 Å². The Hall–Kier alpha value is -2.54. The summed E-state index contributed by atoms with van der Waals surface area (Å²) in [6.07, 6.45) is 3.59. The van der Waals surface area contributed by atoms with E-state index in [-0.39, 0.29) is 16.9 Å². The maximum atomic E-state index is 13.2. The number of rotatable bonds is 4. The number of aryl methyl sites for hydroxylation is 3. The van der Waals surface area contributed by atoms with Gasteiger partial charge in [-0.05, 0) is 44.9 Å². The summed E-state index contributed by atoms with van der Waals surface area (Å²) in [5.41, 5.74) is 5.60. The third kappa shape index (κ3) is 2.68. The molecule has 1 aliphatic heterocycles. The number of thioether (sulfide) groups is 1. The molecule has 0 spiro atoms. The number of hydrogen-bond donors (Lipinski definition) is 1. The van der Waals surface area contributed by atoms with Gasteiger partial charge in [0.25, 0.3) is 5.56 Å². The molecule has 2 aromatic heterocycles. The highest BCUT2D eigenvalue weighted by Gasteiger charge is 2.28. The average Bonchev–Trinajstić information content (AvgIpc) is 3.26. The molecule has 0 saturated carbocycles. The summed E-state index contributed by atoms with van der Waals surface area (Å²) in [6, 6.07) is 1.91. The number of carbonyl (C=O) groups is 1. The summed E-state index contributed by atoms with van der Waals surface area (Å²) in [7, 11) is 0. The number of nitrogens with one attached hydrogen (secondary N) is 1. The lowest BCUT2D eigenvalue weighted by atomic mass is 9.91. The number of nitrogens with zero attached hydrogens (tertiary/aromatic N) is 3. The summed E-state index contributed by atoms with van der Waals surface area (Å²) < 4.78 is 3.38. The quantitative estimate of drug-likeness (QED) is 0.701. The van der Waals surface area contributed by atoms with Crippen molar-refractivity contribution >= 4 is 17.5 Å². The molecule has 1 N–H and O–H groups in total. The van der Waals surface area contributed by atoms with Crippen molar-refractivity contribution in [2.24, 2.45) is 0 Å². The number of aromatic nitrogens is 4. The first-order chi connectivity index (χ1) is 13.0. The largest absolute Gasteiger partial charge is 0.302 e. The van der Waals surface area contributed by atoms with Gasteiger partial charge in [0.1, 0.15) is 5.56 Å². The standard InChI is InChI=1S/C20H22N4O2S/c1-5-23-9-13-10-27-19-11(3)7-14(12(4)16(19)17(13)22-23)18(25)15-8-21-24(6-2)20(15)26/h7-9,21H,5-6,10H2,1-4H3. The second kappa shape index (κ2) is 6.56. The van der Waals surface area contributed by atoms with Crippen LogP contribution in [-0.4, -0.2) is 25.3 Å². The second-order valence-corrected chi connectivity index (χ2v) is 7.77. The Balaban J connectivity index is 1.91. The van der Waals surface area contributed by atoms with Crippen molar-refractivity contribution in [2.75, 3.05) is 0 Å². The Morgan fingerprint density at radius 2 is 2.04 bits per heavy atom. The SMILES string of the molecule is CCn1cc2c(n1)-c1c(C)c(C(=O)c3c[nH]n(CC)c3=O)cc(C)c1SC2. The number of H-pyrrole nitrogens is 1. The molecule has 0 fully saturated rings. The second-order valence-electron chi connectivity index (χ2n) is 6.78. The molecule has 7 heteroatoms. The molecular weight excluding hydrogens is 360 g/mol. The van der Waals surface area contributed by atoms with E-state index >= 15 is 0 Å². The van der Waals surface area contributed by atoms with Gasteiger partial charge in [-0.3, -0.25) is 19.0 Å². The van der Waals surface area contributed by atoms with E-state index < -0.39 is 0 Å². The summed E-state index contributed by atoms with van der Waals surface area (Å²) in [5, 5.41) is 7.60. The van der Waals surface area contributed by atoms with Crippen molar-refractivity contribution in [3.05, 3.63) is 56.6 Å². The van der Waals surface area contributed by atoms with E-state index in [0.29, 0.717) is 12.1 Å². The molecule has 0 amide bonds. The van der Waals surface area contributed by atoms with Crippen LogP contribution in [0.3, 0.4) is 0 Å². The predicted molar refractivity (Wildman–Crippen MR) is 107 cm³/mol. The number of ketones is 1. The van der Waals surface area contributed by atoms with Gasteiger partial charge in [-0.25, -0.2) is 0 Å². The zero-order valence-corrected chi connectivity index (χ0v) is 16.7. The highest BCUT2D eigenvalue weighted by molar-refractivity contribution is 7.98. The monoisotopic (exact) mass is 382 g/mol. The van der Waals surface area contributed by atoms with Crippen molar-refractivity contribution < 1.29 is 4.79 Å². The zero-order chi connectivity index (χ0) is 19.3. The molecule has 4 rings (SSSR count). The number of carbonyl (C=O) groups excluding carboxylic acids is 1. The Kier molecular flexibility index (Phi) is 4.34. The molecule has 0 bridgehead atoms. The minimum Gasteiger partial charge on any atom is -0.302 e. The minimum atomic E-state index is -0.275. The highest BCUT2D eigenvalue weighted by Crippen LogP contribution is 2.45. The molecule has 3 heterocycles. The Bertz CT molecular complexity index is 1120. The predicted octanol–water partition coefficient (Wildman–Crippen LogP) is 3.53. The number of hydrogen-bond acceptors (Lipinski definition) is 4. The topological polar surface area (TPSA) is 72.7 Å². The summed E-state index contributed by atoms with van der Waals surface area (Å²) in [6.45, 7) is 9.22. The Labute approximate surface area is 161 Å². The third-order valence-electron chi connectivity index (χ3n) is 5.14. The van der Waals surface area contributed by atoms with Gasteiger partial charge < -0.3 is 5.10 Å². The third-order valence-corrected chi connectivity index (χ3v) is 6.41. The molecule has 0 radical (unpaired) electrons. The number of fused-ring (bicyclic) bond motifs is 3. The van der Waals surface area contributed by atoms with Gasteiger partial charge in [0, 0.05) is 52.8 Å². The fourth-order valence-corrected chi connectivity index (χ4v) is 4.83. The van der Waals surface area contributed by atoms with Gasteiger partial charge >= 0.3 is 0 Å². The number of aromatic amines is 1. The van der Waals surface area contributed by atoms with Crippen molar-refractivity contribution in [1.29, 1.82) is 0 Å². The molecule has 140 valence electrons. The molecule has 0 atom stereocenters. The normalized spacial score (nSPS) is 12.7. The van der Waals surface area contributed by atoms with Crippen LogP contribution in [0.4, 0.5) is 0 Å². The fourth-order valence-electron chi connectivity index (χ4n) is 3.64. The van der Waals surface area contributed by atoms with Gasteiger partial charge in [0.2, 0.25) is 0 Å². The van der Waals surface area contributed by atoms with E-state index in [4.69, 9.17) is 5.10 Å². The van der Waals surface area contributed by atoms with Crippen LogP contribution in [-0.2, 0) is 18.8 Å². The van der Waals surface area contributed by atoms with Crippen LogP contribution in [0.25, 0.3) is 11.3 Å². The first-order valence-corrected chi connectivity index (χ1v) is 10.1. The first kappa shape index (κ1) is 17.9. The summed E-state index contributed by atoms with van der Waals surface area (Å²) in [4.78, 5) is 26.8. The van der Waals surface area contributed by atoms with Gasteiger partial charge in [-0.1, -0.05) is 0 Å². The van der Waals surface area contributed by atoms with Crippen molar-refractivity contribution in [3.8, 4) is 11.3 Å². The van der Waals surface area contributed by atoms with Crippen LogP contribution in [0, 0.1) is 13.8 Å². The molecule has 0 saturated heterocycles. The van der Waals surface area contributed by atoms with Crippen molar-refractivity contribution in [3.63, 3.8) is 0 Å². The van der Waals surface area contributed by atoms with Gasteiger partial charge in [-0.15, -0.1) is 11.8 Å². The molecule has 3 aromatic rings. The van der Waals surface area contributed by atoms with Crippen LogP contribution in [0.5, 0.6) is 0 Å². The number of benzene rings is 1. The van der Waals surface area contributed by atoms with Gasteiger partial charge in [0.15, 0.2) is 5.78 Å². The maximum absolute atomic E-state index is 13.2. The molecule has 27 heavy (non-hydrogen) atoms. The van der Waals surface area contributed by atoms with Crippen molar-refractivity contribution in [1.82, 2.24) is 19.6 Å². The van der Waals surface area contributed by atoms with Crippen LogP contribution in [0.15, 0.2) is 28.2 Å². The van der Waals surface area contributed by atoms with E-state index in [9.17, 15) is 9.59 Å². The molecule has 1 aliphatic rings. The first-order valence-electron chi connectivity index (χ1n) is 9.12. The Morgan fingerprint density at radius 1 is 1.26 bits per heavy atom. The summed E-state index contributed by atoms with van der Waals surface area (Å²) >= 11 is 1.79. The molecule has 6 nitrogen and oxygen atoms in total. The van der Waals surface area contributed by atoms with Gasteiger partial charge in [0.05, 0.1) is 5.69 Å². The molecule has 0 unspecified atom stereocenters. The lowest BCUT2D eigenvalue weighted by molar-refractivity contribution is 0.103. The molecule has 1 aromatic carbocycles.